The molecule has 0 fully saturated rings. The maximum absolute atomic E-state index is 12.0. The summed E-state index contributed by atoms with van der Waals surface area (Å²) in [7, 11) is 0. The van der Waals surface area contributed by atoms with Crippen molar-refractivity contribution in [3.63, 3.8) is 0 Å². The second-order valence-corrected chi connectivity index (χ2v) is 6.48. The Morgan fingerprint density at radius 3 is 2.88 bits per heavy atom. The number of nitrogens with zero attached hydrogens (tertiary/aromatic N) is 1. The summed E-state index contributed by atoms with van der Waals surface area (Å²) in [5, 5.41) is 7.85. The van der Waals surface area contributed by atoms with Crippen LogP contribution in [0.25, 0.3) is 11.0 Å². The summed E-state index contributed by atoms with van der Waals surface area (Å²) in [5.41, 5.74) is 4.89. The van der Waals surface area contributed by atoms with Crippen LogP contribution < -0.4 is 5.32 Å². The lowest BCUT2D eigenvalue weighted by atomic mass is 10.1. The van der Waals surface area contributed by atoms with Crippen molar-refractivity contribution in [2.24, 2.45) is 5.16 Å². The summed E-state index contributed by atoms with van der Waals surface area (Å²) in [6.45, 7) is 1.64. The molecule has 0 saturated carbocycles. The molecule has 2 aromatic carbocycles. The van der Waals surface area contributed by atoms with Crippen molar-refractivity contribution in [3.05, 3.63) is 65.4 Å². The number of amides is 1. The quantitative estimate of drug-likeness (QED) is 0.552. The van der Waals surface area contributed by atoms with E-state index in [1.807, 2.05) is 42.5 Å². The summed E-state index contributed by atoms with van der Waals surface area (Å²) in [5.74, 6) is 0.398. The zero-order chi connectivity index (χ0) is 17.9. The minimum absolute atomic E-state index is 0.144. The van der Waals surface area contributed by atoms with E-state index in [1.165, 1.54) is 17.5 Å². The summed E-state index contributed by atoms with van der Waals surface area (Å²) in [6, 6.07) is 15.7. The molecular weight excluding hydrogens is 328 g/mol. The maximum Gasteiger partial charge on any atom is 0.265 e. The van der Waals surface area contributed by atoms with E-state index in [9.17, 15) is 4.79 Å². The largest absolute Gasteiger partial charge is 0.455 e. The number of anilines is 1. The van der Waals surface area contributed by atoms with E-state index in [-0.39, 0.29) is 12.5 Å². The van der Waals surface area contributed by atoms with Crippen LogP contribution in [0.15, 0.2) is 58.1 Å². The Morgan fingerprint density at radius 2 is 2.00 bits per heavy atom. The van der Waals surface area contributed by atoms with Crippen molar-refractivity contribution in [2.45, 2.75) is 26.2 Å². The number of oxime groups is 1. The van der Waals surface area contributed by atoms with Gasteiger partial charge in [0.15, 0.2) is 12.4 Å². The zero-order valence-corrected chi connectivity index (χ0v) is 14.6. The molecular formula is C21H20N2O3. The molecule has 0 bridgehead atoms. The summed E-state index contributed by atoms with van der Waals surface area (Å²) < 4.78 is 5.71. The molecule has 0 saturated heterocycles. The summed E-state index contributed by atoms with van der Waals surface area (Å²) >= 11 is 0. The molecule has 0 unspecified atom stereocenters. The van der Waals surface area contributed by atoms with Crippen LogP contribution in [0.5, 0.6) is 0 Å². The molecule has 5 heteroatoms. The lowest BCUT2D eigenvalue weighted by Crippen LogP contribution is -2.17. The molecule has 1 aliphatic rings. The van der Waals surface area contributed by atoms with Crippen LogP contribution in [0.1, 0.15) is 30.2 Å². The number of carbonyl (C=O) groups excluding carboxylic acids is 1. The topological polar surface area (TPSA) is 63.8 Å². The Bertz CT molecular complexity index is 955. The first-order valence-electron chi connectivity index (χ1n) is 8.76. The number of para-hydroxylation sites is 1. The second kappa shape index (κ2) is 7.04. The van der Waals surface area contributed by atoms with Crippen molar-refractivity contribution in [1.29, 1.82) is 0 Å². The molecule has 1 heterocycles. The Kier molecular flexibility index (Phi) is 4.44. The fourth-order valence-corrected chi connectivity index (χ4v) is 3.24. The van der Waals surface area contributed by atoms with Gasteiger partial charge >= 0.3 is 0 Å². The number of hydrogen-bond donors (Lipinski definition) is 1. The van der Waals surface area contributed by atoms with Crippen molar-refractivity contribution >= 4 is 28.3 Å². The molecule has 1 aliphatic carbocycles. The van der Waals surface area contributed by atoms with E-state index >= 15 is 0 Å². The number of fused-ring (bicyclic) bond motifs is 2. The van der Waals surface area contributed by atoms with E-state index in [0.717, 1.165) is 29.5 Å². The first kappa shape index (κ1) is 16.4. The Morgan fingerprint density at radius 1 is 1.15 bits per heavy atom. The highest BCUT2D eigenvalue weighted by Gasteiger charge is 2.12. The van der Waals surface area contributed by atoms with Crippen LogP contribution in [0.4, 0.5) is 5.69 Å². The van der Waals surface area contributed by atoms with E-state index in [4.69, 9.17) is 9.25 Å². The maximum atomic E-state index is 12.0. The number of nitrogens with one attached hydrogen (secondary N) is 1. The van der Waals surface area contributed by atoms with Gasteiger partial charge in [-0.05, 0) is 61.6 Å². The lowest BCUT2D eigenvalue weighted by Gasteiger charge is -2.07. The predicted octanol–water partition coefficient (Wildman–Crippen LogP) is 4.30. The number of hydrogen-bond acceptors (Lipinski definition) is 4. The van der Waals surface area contributed by atoms with Gasteiger partial charge in [-0.2, -0.15) is 0 Å². The Labute approximate surface area is 151 Å². The van der Waals surface area contributed by atoms with Crippen LogP contribution in [-0.2, 0) is 22.5 Å². The van der Waals surface area contributed by atoms with Crippen LogP contribution in [0.2, 0.25) is 0 Å². The minimum Gasteiger partial charge on any atom is -0.455 e. The normalized spacial score (nSPS) is 13.7. The van der Waals surface area contributed by atoms with E-state index in [1.54, 1.807) is 6.92 Å². The Hall–Kier alpha value is -3.08. The molecule has 1 N–H and O–H groups in total. The third kappa shape index (κ3) is 3.47. The summed E-state index contributed by atoms with van der Waals surface area (Å²) in [6.07, 6.45) is 3.39. The summed E-state index contributed by atoms with van der Waals surface area (Å²) in [4.78, 5) is 17.2. The van der Waals surface area contributed by atoms with Gasteiger partial charge in [0.1, 0.15) is 11.3 Å². The van der Waals surface area contributed by atoms with Crippen LogP contribution in [-0.4, -0.2) is 18.2 Å². The van der Waals surface area contributed by atoms with Gasteiger partial charge in [0.2, 0.25) is 0 Å². The first-order valence-corrected chi connectivity index (χ1v) is 8.76. The van der Waals surface area contributed by atoms with Crippen LogP contribution in [0, 0.1) is 0 Å². The fourth-order valence-electron chi connectivity index (χ4n) is 3.24. The smallest absolute Gasteiger partial charge is 0.265 e. The van der Waals surface area contributed by atoms with Gasteiger partial charge in [0.25, 0.3) is 5.91 Å². The van der Waals surface area contributed by atoms with Crippen LogP contribution in [0.3, 0.4) is 0 Å². The number of benzene rings is 2. The van der Waals surface area contributed by atoms with Gasteiger partial charge in [-0.15, -0.1) is 0 Å². The molecule has 26 heavy (non-hydrogen) atoms. The molecule has 0 aliphatic heterocycles. The predicted molar refractivity (Wildman–Crippen MR) is 101 cm³/mol. The molecule has 0 spiro atoms. The van der Waals surface area contributed by atoms with Crippen molar-refractivity contribution < 1.29 is 14.0 Å². The van der Waals surface area contributed by atoms with Gasteiger partial charge in [-0.3, -0.25) is 4.79 Å². The monoisotopic (exact) mass is 348 g/mol. The SMILES string of the molecule is C/C(=N/OCC(=O)Nc1ccc2c(c1)CCC2)c1cc2ccccc2o1. The zero-order valence-electron chi connectivity index (χ0n) is 14.6. The van der Waals surface area contributed by atoms with Gasteiger partial charge in [-0.1, -0.05) is 29.4 Å². The standard InChI is InChI=1S/C21H20N2O3/c1-14(20-12-17-5-2-3-8-19(17)26-20)23-25-13-21(24)22-18-10-9-15-6-4-7-16(15)11-18/h2-3,5,8-12H,4,6-7,13H2,1H3,(H,22,24)/b23-14-. The Balaban J connectivity index is 1.34. The highest BCUT2D eigenvalue weighted by molar-refractivity contribution is 5.99. The van der Waals surface area contributed by atoms with E-state index in [2.05, 4.69) is 16.5 Å². The number of furan rings is 1. The van der Waals surface area contributed by atoms with E-state index < -0.39 is 0 Å². The minimum atomic E-state index is -0.232. The first-order chi connectivity index (χ1) is 12.7. The average molecular weight is 348 g/mol. The van der Waals surface area contributed by atoms with E-state index in [0.29, 0.717) is 11.5 Å². The van der Waals surface area contributed by atoms with Crippen molar-refractivity contribution in [3.8, 4) is 0 Å². The van der Waals surface area contributed by atoms with Crippen molar-refractivity contribution in [2.75, 3.05) is 11.9 Å². The lowest BCUT2D eigenvalue weighted by molar-refractivity contribution is -0.120. The number of rotatable bonds is 5. The number of carbonyl (C=O) groups is 1. The molecule has 5 nitrogen and oxygen atoms in total. The highest BCUT2D eigenvalue weighted by atomic mass is 16.6. The van der Waals surface area contributed by atoms with Crippen LogP contribution >= 0.6 is 0 Å². The second-order valence-electron chi connectivity index (χ2n) is 6.48. The number of aryl methyl sites for hydroxylation is 2. The third-order valence-electron chi connectivity index (χ3n) is 4.56. The third-order valence-corrected chi connectivity index (χ3v) is 4.56. The van der Waals surface area contributed by atoms with Gasteiger partial charge in [0.05, 0.1) is 0 Å². The molecule has 3 aromatic rings. The molecule has 0 radical (unpaired) electrons. The highest BCUT2D eigenvalue weighted by Crippen LogP contribution is 2.25. The van der Waals surface area contributed by atoms with Gasteiger partial charge in [-0.25, -0.2) is 0 Å². The average Bonchev–Trinajstić information content (AvgIpc) is 3.27. The molecule has 132 valence electrons. The van der Waals surface area contributed by atoms with Gasteiger partial charge < -0.3 is 14.6 Å². The molecule has 0 atom stereocenters. The van der Waals surface area contributed by atoms with Crippen molar-refractivity contribution in [1.82, 2.24) is 0 Å². The van der Waals surface area contributed by atoms with Gasteiger partial charge in [0, 0.05) is 11.1 Å². The molecule has 4 rings (SSSR count). The molecule has 1 aromatic heterocycles. The molecule has 1 amide bonds. The fraction of sp³-hybridized carbons (Fsp3) is 0.238.